The summed E-state index contributed by atoms with van der Waals surface area (Å²) in [4.78, 5) is 1.77. The van der Waals surface area contributed by atoms with Crippen LogP contribution >= 0.6 is 0 Å². The molecular weight excluding hydrogens is 548 g/mol. The van der Waals surface area contributed by atoms with E-state index in [-0.39, 0.29) is 36.9 Å². The molecule has 2 aromatic carbocycles. The summed E-state index contributed by atoms with van der Waals surface area (Å²) in [5.74, 6) is -1.96. The number of sulfonamides is 1. The van der Waals surface area contributed by atoms with Crippen LogP contribution in [-0.4, -0.2) is 69.5 Å². The third-order valence-electron chi connectivity index (χ3n) is 7.48. The highest BCUT2D eigenvalue weighted by molar-refractivity contribution is 7.89. The molecule has 8 nitrogen and oxygen atoms in total. The number of alkyl halides is 3. The molecule has 0 amide bonds. The maximum Gasteiger partial charge on any atom is 0.392 e. The molecule has 0 saturated carbocycles. The van der Waals surface area contributed by atoms with Gasteiger partial charge in [-0.2, -0.15) is 27.7 Å². The highest BCUT2D eigenvalue weighted by atomic mass is 32.2. The van der Waals surface area contributed by atoms with Crippen molar-refractivity contribution in [2.24, 2.45) is 5.92 Å². The Morgan fingerprint density at radius 2 is 1.80 bits per heavy atom. The number of fused-ring (bicyclic) bond motifs is 1. The number of rotatable bonds is 7. The molecule has 3 heterocycles. The lowest BCUT2D eigenvalue weighted by atomic mass is 9.95. The minimum absolute atomic E-state index is 0.0112. The highest BCUT2D eigenvalue weighted by Crippen LogP contribution is 2.36. The van der Waals surface area contributed by atoms with Gasteiger partial charge in [-0.05, 0) is 61.4 Å². The summed E-state index contributed by atoms with van der Waals surface area (Å²) in [5, 5.41) is 9.26. The quantitative estimate of drug-likeness (QED) is 0.291. The number of piperazine rings is 1. The summed E-state index contributed by atoms with van der Waals surface area (Å²) in [5.41, 5.74) is 2.91. The van der Waals surface area contributed by atoms with Crippen molar-refractivity contribution in [1.29, 1.82) is 0 Å². The molecule has 214 valence electrons. The lowest BCUT2D eigenvalue weighted by molar-refractivity contribution is -0.176. The van der Waals surface area contributed by atoms with Crippen LogP contribution < -0.4 is 0 Å². The van der Waals surface area contributed by atoms with Crippen LogP contribution in [0.3, 0.4) is 0 Å². The van der Waals surface area contributed by atoms with Gasteiger partial charge in [0.1, 0.15) is 10.7 Å². The lowest BCUT2D eigenvalue weighted by Crippen LogP contribution is -2.52. The zero-order valence-electron chi connectivity index (χ0n) is 22.3. The molecule has 2 atom stereocenters. The number of aryl methyl sites for hydroxylation is 2. The number of benzene rings is 2. The molecule has 40 heavy (non-hydrogen) atoms. The van der Waals surface area contributed by atoms with Crippen molar-refractivity contribution in [3.63, 3.8) is 0 Å². The predicted octanol–water partition coefficient (Wildman–Crippen LogP) is 4.94. The van der Waals surface area contributed by atoms with E-state index in [9.17, 15) is 26.0 Å². The van der Waals surface area contributed by atoms with E-state index in [1.54, 1.807) is 27.9 Å². The number of hydrogen-bond acceptors (Lipinski definition) is 5. The van der Waals surface area contributed by atoms with Crippen LogP contribution in [0.2, 0.25) is 0 Å². The second kappa shape index (κ2) is 10.6. The normalized spacial score (nSPS) is 18.4. The number of aromatic nitrogens is 4. The van der Waals surface area contributed by atoms with E-state index >= 15 is 0 Å². The summed E-state index contributed by atoms with van der Waals surface area (Å²) in [6, 6.07) is 9.01. The Morgan fingerprint density at radius 1 is 1.07 bits per heavy atom. The van der Waals surface area contributed by atoms with Gasteiger partial charge < -0.3 is 0 Å². The van der Waals surface area contributed by atoms with Crippen molar-refractivity contribution >= 4 is 20.9 Å². The predicted molar refractivity (Wildman–Crippen MR) is 142 cm³/mol. The van der Waals surface area contributed by atoms with E-state index < -0.39 is 28.2 Å². The number of nitrogens with zero attached hydrogens (tertiary/aromatic N) is 6. The van der Waals surface area contributed by atoms with E-state index in [2.05, 4.69) is 10.2 Å². The highest BCUT2D eigenvalue weighted by Gasteiger charge is 2.41. The summed E-state index contributed by atoms with van der Waals surface area (Å²) in [6.45, 7) is 5.26. The number of halogens is 4. The second-order valence-electron chi connectivity index (χ2n) is 10.1. The summed E-state index contributed by atoms with van der Waals surface area (Å²) in [6.07, 6.45) is 0.0231. The summed E-state index contributed by atoms with van der Waals surface area (Å²) in [7, 11) is -3.91. The molecule has 2 aromatic heterocycles. The van der Waals surface area contributed by atoms with Gasteiger partial charge in [0, 0.05) is 50.3 Å². The van der Waals surface area contributed by atoms with Crippen molar-refractivity contribution in [3.8, 4) is 5.69 Å². The molecule has 0 radical (unpaired) electrons. The first kappa shape index (κ1) is 28.2. The molecule has 1 saturated heterocycles. The summed E-state index contributed by atoms with van der Waals surface area (Å²) >= 11 is 0. The van der Waals surface area contributed by atoms with Gasteiger partial charge in [0.2, 0.25) is 10.0 Å². The Morgan fingerprint density at radius 3 is 2.45 bits per heavy atom. The maximum atomic E-state index is 13.6. The van der Waals surface area contributed by atoms with Crippen molar-refractivity contribution in [3.05, 3.63) is 71.9 Å². The van der Waals surface area contributed by atoms with Gasteiger partial charge in [0.15, 0.2) is 0 Å². The third kappa shape index (κ3) is 5.37. The zero-order valence-corrected chi connectivity index (χ0v) is 23.1. The van der Waals surface area contributed by atoms with E-state index in [1.807, 2.05) is 26.0 Å². The fourth-order valence-electron chi connectivity index (χ4n) is 5.13. The van der Waals surface area contributed by atoms with Gasteiger partial charge in [-0.25, -0.2) is 17.5 Å². The minimum Gasteiger partial charge on any atom is -0.293 e. The Kier molecular flexibility index (Phi) is 7.48. The molecule has 0 spiro atoms. The van der Waals surface area contributed by atoms with Gasteiger partial charge in [-0.15, -0.1) is 0 Å². The Balaban J connectivity index is 1.53. The molecule has 4 aromatic rings. The van der Waals surface area contributed by atoms with Gasteiger partial charge in [-0.1, -0.05) is 6.92 Å². The SMILES string of the molecule is CCn1cc(S(=O)(=O)N2CCN(CC(C)C(F)(F)F)C(c3cc4cnn(-c5ccc(F)cc5)c4cc3C)C2)cn1. The van der Waals surface area contributed by atoms with Gasteiger partial charge >= 0.3 is 6.18 Å². The molecule has 1 fully saturated rings. The molecule has 13 heteroatoms. The molecule has 2 unspecified atom stereocenters. The first-order valence-electron chi connectivity index (χ1n) is 13.0. The van der Waals surface area contributed by atoms with Gasteiger partial charge in [0.05, 0.1) is 29.5 Å². The summed E-state index contributed by atoms with van der Waals surface area (Å²) < 4.78 is 85.6. The van der Waals surface area contributed by atoms with E-state index in [1.165, 1.54) is 33.5 Å². The molecule has 0 bridgehead atoms. The van der Waals surface area contributed by atoms with Crippen LogP contribution in [0.5, 0.6) is 0 Å². The molecule has 0 N–H and O–H groups in total. The van der Waals surface area contributed by atoms with Crippen molar-refractivity contribution in [1.82, 2.24) is 28.8 Å². The molecule has 1 aliphatic rings. The van der Waals surface area contributed by atoms with Crippen LogP contribution in [-0.2, 0) is 16.6 Å². The molecular formula is C27H30F4N6O2S. The van der Waals surface area contributed by atoms with Crippen LogP contribution in [0.1, 0.15) is 31.0 Å². The lowest BCUT2D eigenvalue weighted by Gasteiger charge is -2.42. The molecule has 0 aliphatic carbocycles. The van der Waals surface area contributed by atoms with Crippen LogP contribution in [0, 0.1) is 18.7 Å². The minimum atomic E-state index is -4.38. The van der Waals surface area contributed by atoms with Crippen LogP contribution in [0.15, 0.2) is 59.9 Å². The first-order chi connectivity index (χ1) is 18.9. The van der Waals surface area contributed by atoms with Crippen molar-refractivity contribution in [2.75, 3.05) is 26.2 Å². The van der Waals surface area contributed by atoms with Crippen LogP contribution in [0.25, 0.3) is 16.6 Å². The Bertz CT molecular complexity index is 1610. The molecule has 1 aliphatic heterocycles. The largest absolute Gasteiger partial charge is 0.392 e. The smallest absolute Gasteiger partial charge is 0.293 e. The van der Waals surface area contributed by atoms with E-state index in [0.29, 0.717) is 12.2 Å². The Labute approximate surface area is 229 Å². The monoisotopic (exact) mass is 578 g/mol. The van der Waals surface area contributed by atoms with Crippen LogP contribution in [0.4, 0.5) is 17.6 Å². The Hall–Kier alpha value is -3.29. The van der Waals surface area contributed by atoms with Gasteiger partial charge in [0.25, 0.3) is 0 Å². The average Bonchev–Trinajstić information content (AvgIpc) is 3.56. The van der Waals surface area contributed by atoms with E-state index in [0.717, 1.165) is 29.0 Å². The van der Waals surface area contributed by atoms with Gasteiger partial charge in [-0.3, -0.25) is 9.58 Å². The fraction of sp³-hybridized carbons (Fsp3) is 0.407. The second-order valence-corrected chi connectivity index (χ2v) is 12.1. The number of hydrogen-bond donors (Lipinski definition) is 0. The third-order valence-corrected chi connectivity index (χ3v) is 9.30. The first-order valence-corrected chi connectivity index (χ1v) is 14.4. The molecule has 5 rings (SSSR count). The topological polar surface area (TPSA) is 76.3 Å². The van der Waals surface area contributed by atoms with Crippen molar-refractivity contribution < 1.29 is 26.0 Å². The average molecular weight is 579 g/mol. The maximum absolute atomic E-state index is 13.6. The fourth-order valence-corrected chi connectivity index (χ4v) is 6.52. The zero-order chi connectivity index (χ0) is 28.8. The van der Waals surface area contributed by atoms with E-state index in [4.69, 9.17) is 0 Å². The standard InChI is InChI=1S/C27H30F4N6O2S/c1-4-35-16-23(14-32-35)40(38,39)36-10-9-34(15-19(3)27(29,30)31)26(17-36)24-12-20-13-33-37(25(20)11-18(24)2)22-7-5-21(28)6-8-22/h5-8,11-14,16,19,26H,4,9-10,15,17H2,1-3H3. The van der Waals surface area contributed by atoms with Crippen molar-refractivity contribution in [2.45, 2.75) is 44.4 Å².